The van der Waals surface area contributed by atoms with Crippen molar-refractivity contribution in [1.82, 2.24) is 5.32 Å². The van der Waals surface area contributed by atoms with E-state index in [-0.39, 0.29) is 11.9 Å². The number of likely N-dealkylation sites (N-methyl/N-ethyl adjacent to an activating group) is 1. The van der Waals surface area contributed by atoms with E-state index in [2.05, 4.69) is 21.2 Å². The average Bonchev–Trinajstić information content (AvgIpc) is 2.57. The Kier molecular flexibility index (Phi) is 7.28. The first-order valence-corrected chi connectivity index (χ1v) is 8.88. The van der Waals surface area contributed by atoms with Crippen LogP contribution in [0.15, 0.2) is 59.1 Å². The molecule has 0 aliphatic rings. The second-order valence-corrected chi connectivity index (χ2v) is 6.80. The summed E-state index contributed by atoms with van der Waals surface area (Å²) in [7, 11) is 2.00. The number of amides is 1. The van der Waals surface area contributed by atoms with Gasteiger partial charge in [-0.3, -0.25) is 4.79 Å². The van der Waals surface area contributed by atoms with E-state index in [0.29, 0.717) is 13.2 Å². The van der Waals surface area contributed by atoms with Gasteiger partial charge in [-0.1, -0.05) is 46.3 Å². The van der Waals surface area contributed by atoms with Crippen LogP contribution < -0.4 is 15.0 Å². The van der Waals surface area contributed by atoms with E-state index >= 15 is 0 Å². The Morgan fingerprint density at radius 3 is 2.50 bits per heavy atom. The highest BCUT2D eigenvalue weighted by Gasteiger charge is 2.13. The molecule has 24 heavy (non-hydrogen) atoms. The highest BCUT2D eigenvalue weighted by atomic mass is 79.9. The van der Waals surface area contributed by atoms with Crippen molar-refractivity contribution >= 4 is 21.8 Å². The van der Waals surface area contributed by atoms with Crippen molar-refractivity contribution in [2.45, 2.75) is 13.0 Å². The minimum absolute atomic E-state index is 0.0190. The Balaban J connectivity index is 1.68. The number of hydrogen-bond acceptors (Lipinski definition) is 2. The molecule has 0 bridgehead atoms. The third-order valence-corrected chi connectivity index (χ3v) is 4.28. The van der Waals surface area contributed by atoms with Gasteiger partial charge >= 0.3 is 0 Å². The molecule has 2 rings (SSSR count). The fraction of sp³-hybridized carbons (Fsp3) is 0.316. The van der Waals surface area contributed by atoms with Crippen LogP contribution >= 0.6 is 15.9 Å². The highest BCUT2D eigenvalue weighted by Crippen LogP contribution is 2.15. The molecule has 1 amide bonds. The maximum atomic E-state index is 12.1. The van der Waals surface area contributed by atoms with E-state index in [1.807, 2.05) is 68.6 Å². The lowest BCUT2D eigenvalue weighted by atomic mass is 10.1. The molecule has 0 fully saturated rings. The molecule has 2 aromatic rings. The molecule has 0 aliphatic carbocycles. The summed E-state index contributed by atoms with van der Waals surface area (Å²) in [5.41, 5.74) is 1.11. The zero-order chi connectivity index (χ0) is 17.4. The van der Waals surface area contributed by atoms with Gasteiger partial charge in [0.05, 0.1) is 13.1 Å². The summed E-state index contributed by atoms with van der Waals surface area (Å²) in [6, 6.07) is 17.7. The largest absolute Gasteiger partial charge is 0.488 e. The number of rotatable bonds is 8. The maximum Gasteiger partial charge on any atom is 0.275 e. The number of carbonyl (C=O) groups is 1. The van der Waals surface area contributed by atoms with Gasteiger partial charge in [0.2, 0.25) is 0 Å². The van der Waals surface area contributed by atoms with Crippen molar-refractivity contribution in [3.05, 3.63) is 64.6 Å². The van der Waals surface area contributed by atoms with Crippen LogP contribution in [-0.4, -0.2) is 32.7 Å². The van der Waals surface area contributed by atoms with Crippen molar-refractivity contribution < 1.29 is 14.4 Å². The van der Waals surface area contributed by atoms with Gasteiger partial charge in [0, 0.05) is 4.47 Å². The third-order valence-electron chi connectivity index (χ3n) is 3.75. The summed E-state index contributed by atoms with van der Waals surface area (Å²) < 4.78 is 6.72. The average molecular weight is 392 g/mol. The molecule has 4 nitrogen and oxygen atoms in total. The first-order chi connectivity index (χ1) is 11.5. The smallest absolute Gasteiger partial charge is 0.275 e. The monoisotopic (exact) mass is 391 g/mol. The first kappa shape index (κ1) is 18.5. The molecule has 0 aromatic heterocycles. The van der Waals surface area contributed by atoms with E-state index in [1.54, 1.807) is 0 Å². The van der Waals surface area contributed by atoms with Gasteiger partial charge in [0.1, 0.15) is 18.9 Å². The van der Waals surface area contributed by atoms with Crippen molar-refractivity contribution in [2.75, 3.05) is 26.7 Å². The van der Waals surface area contributed by atoms with Gasteiger partial charge in [0.25, 0.3) is 5.91 Å². The molecule has 0 spiro atoms. The second-order valence-electron chi connectivity index (χ2n) is 5.89. The topological polar surface area (TPSA) is 42.8 Å². The van der Waals surface area contributed by atoms with E-state index in [0.717, 1.165) is 27.2 Å². The Labute approximate surface area is 151 Å². The maximum absolute atomic E-state index is 12.1. The highest BCUT2D eigenvalue weighted by molar-refractivity contribution is 9.10. The Morgan fingerprint density at radius 2 is 1.83 bits per heavy atom. The molecule has 0 heterocycles. The molecular weight excluding hydrogens is 368 g/mol. The Morgan fingerprint density at radius 1 is 1.17 bits per heavy atom. The summed E-state index contributed by atoms with van der Waals surface area (Å²) in [4.78, 5) is 13.2. The zero-order valence-corrected chi connectivity index (χ0v) is 15.7. The number of benzene rings is 2. The second kappa shape index (κ2) is 9.45. The van der Waals surface area contributed by atoms with Crippen molar-refractivity contribution in [2.24, 2.45) is 0 Å². The van der Waals surface area contributed by atoms with Gasteiger partial charge < -0.3 is 15.0 Å². The number of halogens is 1. The standard InChI is InChI=1S/C19H23BrN2O2/c1-15(16-6-4-3-5-7-16)21-19(23)14-22(2)12-13-24-18-10-8-17(20)9-11-18/h3-11,15H,12-14H2,1-2H3,(H,21,23)/p+1/t15-/m1/s1. The molecule has 0 saturated heterocycles. The number of ether oxygens (including phenoxy) is 1. The van der Waals surface area contributed by atoms with E-state index in [4.69, 9.17) is 4.74 Å². The Hall–Kier alpha value is -1.85. The molecule has 0 aliphatic heterocycles. The fourth-order valence-electron chi connectivity index (χ4n) is 2.35. The summed E-state index contributed by atoms with van der Waals surface area (Å²) in [6.45, 7) is 3.78. The molecule has 2 atom stereocenters. The SMILES string of the molecule is C[C@@H](NC(=O)C[NH+](C)CCOc1ccc(Br)cc1)c1ccccc1. The van der Waals surface area contributed by atoms with Crippen LogP contribution in [0, 0.1) is 0 Å². The molecule has 2 N–H and O–H groups in total. The lowest BCUT2D eigenvalue weighted by Gasteiger charge is -2.17. The molecule has 0 radical (unpaired) electrons. The third kappa shape index (κ3) is 6.34. The van der Waals surface area contributed by atoms with Crippen molar-refractivity contribution in [3.8, 4) is 5.75 Å². The lowest BCUT2D eigenvalue weighted by Crippen LogP contribution is -3.10. The van der Waals surface area contributed by atoms with Gasteiger partial charge in [0.15, 0.2) is 6.54 Å². The van der Waals surface area contributed by atoms with Crippen LogP contribution in [0.4, 0.5) is 0 Å². The molecule has 5 heteroatoms. The summed E-state index contributed by atoms with van der Waals surface area (Å²) in [5, 5.41) is 3.04. The quantitative estimate of drug-likeness (QED) is 0.724. The normalized spacial score (nSPS) is 13.1. The number of hydrogen-bond donors (Lipinski definition) is 2. The van der Waals surface area contributed by atoms with Gasteiger partial charge in [-0.25, -0.2) is 0 Å². The molecule has 1 unspecified atom stereocenters. The summed E-state index contributed by atoms with van der Waals surface area (Å²) in [6.07, 6.45) is 0. The van der Waals surface area contributed by atoms with Crippen LogP contribution in [0.1, 0.15) is 18.5 Å². The van der Waals surface area contributed by atoms with Gasteiger partial charge in [-0.15, -0.1) is 0 Å². The van der Waals surface area contributed by atoms with E-state index in [1.165, 1.54) is 0 Å². The number of quaternary nitrogens is 1. The fourth-order valence-corrected chi connectivity index (χ4v) is 2.62. The molecular formula is C19H24BrN2O2+. The number of nitrogens with one attached hydrogen (secondary N) is 2. The zero-order valence-electron chi connectivity index (χ0n) is 14.1. The van der Waals surface area contributed by atoms with Crippen LogP contribution in [0.5, 0.6) is 5.75 Å². The predicted molar refractivity (Wildman–Crippen MR) is 99.3 cm³/mol. The molecule has 2 aromatic carbocycles. The van der Waals surface area contributed by atoms with Crippen molar-refractivity contribution in [1.29, 1.82) is 0 Å². The predicted octanol–water partition coefficient (Wildman–Crippen LogP) is 2.22. The van der Waals surface area contributed by atoms with Gasteiger partial charge in [-0.2, -0.15) is 0 Å². The molecule has 128 valence electrons. The summed E-state index contributed by atoms with van der Waals surface area (Å²) >= 11 is 3.40. The van der Waals surface area contributed by atoms with Crippen LogP contribution in [0.2, 0.25) is 0 Å². The number of carbonyl (C=O) groups excluding carboxylic acids is 1. The van der Waals surface area contributed by atoms with Crippen LogP contribution in [0.3, 0.4) is 0 Å². The van der Waals surface area contributed by atoms with Crippen LogP contribution in [-0.2, 0) is 4.79 Å². The summed E-state index contributed by atoms with van der Waals surface area (Å²) in [5.74, 6) is 0.889. The van der Waals surface area contributed by atoms with E-state index < -0.39 is 0 Å². The molecule has 0 saturated carbocycles. The van der Waals surface area contributed by atoms with E-state index in [9.17, 15) is 4.79 Å². The van der Waals surface area contributed by atoms with Gasteiger partial charge in [-0.05, 0) is 36.8 Å². The Bertz CT molecular complexity index is 632. The lowest BCUT2D eigenvalue weighted by molar-refractivity contribution is -0.871. The first-order valence-electron chi connectivity index (χ1n) is 8.08. The van der Waals surface area contributed by atoms with Crippen molar-refractivity contribution in [3.63, 3.8) is 0 Å². The minimum Gasteiger partial charge on any atom is -0.488 e. The minimum atomic E-state index is 0.0190. The van der Waals surface area contributed by atoms with Crippen LogP contribution in [0.25, 0.3) is 0 Å².